The van der Waals surface area contributed by atoms with Crippen molar-refractivity contribution in [2.45, 2.75) is 63.6 Å². The highest BCUT2D eigenvalue weighted by molar-refractivity contribution is 7.92. The summed E-state index contributed by atoms with van der Waals surface area (Å²) in [5.74, 6) is -0.547. The van der Waals surface area contributed by atoms with Crippen molar-refractivity contribution in [1.29, 1.82) is 0 Å². The molecular weight excluding hydrogens is 446 g/mol. The summed E-state index contributed by atoms with van der Waals surface area (Å²) in [6.07, 6.45) is 7.90. The Morgan fingerprint density at radius 3 is 2.42 bits per heavy atom. The maximum atomic E-state index is 12.7. The van der Waals surface area contributed by atoms with Crippen molar-refractivity contribution < 1.29 is 27.9 Å². The molecular formula is C23H35N3O6S. The number of anilines is 1. The molecule has 0 aliphatic heterocycles. The molecule has 0 bridgehead atoms. The fourth-order valence-electron chi connectivity index (χ4n) is 4.59. The molecule has 0 saturated heterocycles. The molecule has 9 nitrogen and oxygen atoms in total. The molecule has 3 rings (SSSR count). The Kier molecular flexibility index (Phi) is 8.36. The number of carboxylic acid groups (broad SMARTS) is 1. The van der Waals surface area contributed by atoms with Gasteiger partial charge < -0.3 is 20.5 Å². The molecule has 0 spiro atoms. The number of ether oxygens (including phenoxy) is 1. The summed E-state index contributed by atoms with van der Waals surface area (Å²) in [4.78, 5) is 25.8. The van der Waals surface area contributed by atoms with Gasteiger partial charge in [-0.05, 0) is 75.0 Å². The summed E-state index contributed by atoms with van der Waals surface area (Å²) in [6, 6.07) is 4.10. The number of amides is 1. The van der Waals surface area contributed by atoms with Crippen molar-refractivity contribution in [3.05, 3.63) is 29.3 Å². The van der Waals surface area contributed by atoms with Crippen LogP contribution >= 0.6 is 0 Å². The molecule has 1 atom stereocenters. The van der Waals surface area contributed by atoms with Crippen LogP contribution in [0.25, 0.3) is 0 Å². The lowest BCUT2D eigenvalue weighted by Gasteiger charge is -2.38. The number of nitrogens with one attached hydrogen (secondary N) is 1. The van der Waals surface area contributed by atoms with Gasteiger partial charge in [0.1, 0.15) is 0 Å². The average molecular weight is 482 g/mol. The van der Waals surface area contributed by atoms with Crippen molar-refractivity contribution in [3.63, 3.8) is 0 Å². The maximum absolute atomic E-state index is 12.7. The Morgan fingerprint density at radius 2 is 1.88 bits per heavy atom. The molecule has 2 saturated carbocycles. The first-order valence-electron chi connectivity index (χ1n) is 11.5. The van der Waals surface area contributed by atoms with Crippen LogP contribution in [0.4, 0.5) is 5.69 Å². The smallest absolute Gasteiger partial charge is 0.335 e. The van der Waals surface area contributed by atoms with Crippen LogP contribution < -0.4 is 10.5 Å². The minimum atomic E-state index is -3.51. The van der Waals surface area contributed by atoms with Crippen LogP contribution in [0.3, 0.4) is 0 Å². The molecule has 0 heterocycles. The van der Waals surface area contributed by atoms with E-state index in [9.17, 15) is 23.1 Å². The summed E-state index contributed by atoms with van der Waals surface area (Å²) < 4.78 is 31.5. The lowest BCUT2D eigenvalue weighted by atomic mass is 9.78. The van der Waals surface area contributed by atoms with Crippen molar-refractivity contribution in [2.75, 3.05) is 24.6 Å². The second-order valence-corrected chi connectivity index (χ2v) is 11.2. The van der Waals surface area contributed by atoms with Gasteiger partial charge in [-0.3, -0.25) is 9.52 Å². The van der Waals surface area contributed by atoms with Crippen LogP contribution in [0.1, 0.15) is 60.9 Å². The Bertz CT molecular complexity index is 955. The van der Waals surface area contributed by atoms with E-state index in [1.54, 1.807) is 0 Å². The molecule has 0 unspecified atom stereocenters. The van der Waals surface area contributed by atoms with E-state index in [0.717, 1.165) is 44.8 Å². The van der Waals surface area contributed by atoms with Crippen LogP contribution in [-0.2, 0) is 26.2 Å². The summed E-state index contributed by atoms with van der Waals surface area (Å²) in [7, 11) is -1.65. The van der Waals surface area contributed by atoms with Crippen molar-refractivity contribution in [2.24, 2.45) is 17.6 Å². The SMILES string of the molecule is CN(C(=O)[C@@H](N)C1CCC(COCc2cc(C(=O)O)ccc2NS(C)(=O)=O)CC1)C1CCC1. The lowest BCUT2D eigenvalue weighted by molar-refractivity contribution is -0.136. The minimum Gasteiger partial charge on any atom is -0.478 e. The summed E-state index contributed by atoms with van der Waals surface area (Å²) in [5.41, 5.74) is 7.16. The molecule has 2 aliphatic carbocycles. The molecule has 0 aromatic heterocycles. The quantitative estimate of drug-likeness (QED) is 0.466. The zero-order chi connectivity index (χ0) is 24.2. The highest BCUT2D eigenvalue weighted by atomic mass is 32.2. The molecule has 1 aromatic carbocycles. The molecule has 184 valence electrons. The number of hydrogen-bond donors (Lipinski definition) is 3. The first-order valence-corrected chi connectivity index (χ1v) is 13.4. The number of carbonyl (C=O) groups excluding carboxylic acids is 1. The van der Waals surface area contributed by atoms with E-state index in [4.69, 9.17) is 10.5 Å². The topological polar surface area (TPSA) is 139 Å². The van der Waals surface area contributed by atoms with Gasteiger partial charge in [-0.2, -0.15) is 0 Å². The first kappa shape index (κ1) is 25.5. The second kappa shape index (κ2) is 10.8. The van der Waals surface area contributed by atoms with Gasteiger partial charge in [0.2, 0.25) is 15.9 Å². The molecule has 33 heavy (non-hydrogen) atoms. The summed E-state index contributed by atoms with van der Waals surface area (Å²) in [6.45, 7) is 0.580. The monoisotopic (exact) mass is 481 g/mol. The zero-order valence-electron chi connectivity index (χ0n) is 19.3. The van der Waals surface area contributed by atoms with Crippen LogP contribution in [0.5, 0.6) is 0 Å². The van der Waals surface area contributed by atoms with E-state index in [1.807, 2.05) is 11.9 Å². The highest BCUT2D eigenvalue weighted by Crippen LogP contribution is 2.32. The molecule has 1 amide bonds. The third-order valence-electron chi connectivity index (χ3n) is 6.91. The van der Waals surface area contributed by atoms with Crippen molar-refractivity contribution in [1.82, 2.24) is 4.90 Å². The van der Waals surface area contributed by atoms with Gasteiger partial charge in [0.25, 0.3) is 0 Å². The lowest BCUT2D eigenvalue weighted by Crippen LogP contribution is -2.52. The van der Waals surface area contributed by atoms with Crippen LogP contribution in [0, 0.1) is 11.8 Å². The van der Waals surface area contributed by atoms with E-state index in [2.05, 4.69) is 4.72 Å². The van der Waals surface area contributed by atoms with Gasteiger partial charge in [-0.1, -0.05) is 0 Å². The predicted octanol–water partition coefficient (Wildman–Crippen LogP) is 2.42. The maximum Gasteiger partial charge on any atom is 0.335 e. The highest BCUT2D eigenvalue weighted by Gasteiger charge is 2.34. The second-order valence-electron chi connectivity index (χ2n) is 9.41. The third kappa shape index (κ3) is 6.91. The number of carboxylic acids is 1. The van der Waals surface area contributed by atoms with Crippen LogP contribution in [-0.4, -0.2) is 62.3 Å². The average Bonchev–Trinajstić information content (AvgIpc) is 2.71. The number of carbonyl (C=O) groups is 2. The number of nitrogens with two attached hydrogens (primary N) is 1. The zero-order valence-corrected chi connectivity index (χ0v) is 20.1. The molecule has 1 aromatic rings. The molecule has 2 aliphatic rings. The standard InChI is InChI=1S/C23H35N3O6S/c1-26(19-4-3-5-19)22(27)21(24)16-8-6-15(7-9-16)13-32-14-18-12-17(23(28)29)10-11-20(18)25-33(2,30)31/h10-12,15-16,19,21,25H,3-9,13-14,24H2,1-2H3,(H,28,29)/t15?,16?,21-/m0/s1. The normalized spacial score (nSPS) is 22.3. The molecule has 10 heteroatoms. The van der Waals surface area contributed by atoms with Gasteiger partial charge in [-0.15, -0.1) is 0 Å². The summed E-state index contributed by atoms with van der Waals surface area (Å²) in [5, 5.41) is 9.24. The Hall–Kier alpha value is -2.17. The van der Waals surface area contributed by atoms with Crippen molar-refractivity contribution >= 4 is 27.6 Å². The van der Waals surface area contributed by atoms with E-state index < -0.39 is 22.0 Å². The van der Waals surface area contributed by atoms with Gasteiger partial charge in [0.05, 0.1) is 30.2 Å². The number of nitrogens with zero attached hydrogens (tertiary/aromatic N) is 1. The number of sulfonamides is 1. The van der Waals surface area contributed by atoms with Crippen LogP contribution in [0.15, 0.2) is 18.2 Å². The Balaban J connectivity index is 1.49. The largest absolute Gasteiger partial charge is 0.478 e. The first-order chi connectivity index (χ1) is 15.5. The molecule has 0 radical (unpaired) electrons. The number of aromatic carboxylic acids is 1. The number of benzene rings is 1. The van der Waals surface area contributed by atoms with E-state index >= 15 is 0 Å². The van der Waals surface area contributed by atoms with Gasteiger partial charge in [0.15, 0.2) is 0 Å². The van der Waals surface area contributed by atoms with Gasteiger partial charge >= 0.3 is 5.97 Å². The number of likely N-dealkylation sites (N-methyl/N-ethyl adjacent to an activating group) is 1. The summed E-state index contributed by atoms with van der Waals surface area (Å²) >= 11 is 0. The molecule has 2 fully saturated rings. The fourth-order valence-corrected chi connectivity index (χ4v) is 5.18. The van der Waals surface area contributed by atoms with Crippen molar-refractivity contribution in [3.8, 4) is 0 Å². The fraction of sp³-hybridized carbons (Fsp3) is 0.652. The minimum absolute atomic E-state index is 0.0450. The Labute approximate surface area is 195 Å². The van der Waals surface area contributed by atoms with Crippen LogP contribution in [0.2, 0.25) is 0 Å². The van der Waals surface area contributed by atoms with E-state index in [-0.39, 0.29) is 24.0 Å². The van der Waals surface area contributed by atoms with E-state index in [0.29, 0.717) is 29.8 Å². The predicted molar refractivity (Wildman–Crippen MR) is 125 cm³/mol. The Morgan fingerprint density at radius 1 is 1.21 bits per heavy atom. The van der Waals surface area contributed by atoms with Gasteiger partial charge in [0, 0.05) is 25.3 Å². The third-order valence-corrected chi connectivity index (χ3v) is 7.50. The van der Waals surface area contributed by atoms with Gasteiger partial charge in [-0.25, -0.2) is 13.2 Å². The molecule has 4 N–H and O–H groups in total. The number of rotatable bonds is 10. The van der Waals surface area contributed by atoms with E-state index in [1.165, 1.54) is 24.6 Å². The number of hydrogen-bond acceptors (Lipinski definition) is 6.